The van der Waals surface area contributed by atoms with Gasteiger partial charge in [0.05, 0.1) is 22.2 Å². The molecule has 0 aliphatic rings. The van der Waals surface area contributed by atoms with E-state index in [0.29, 0.717) is 22.6 Å². The third-order valence-corrected chi connectivity index (χ3v) is 5.45. The fourth-order valence-corrected chi connectivity index (χ4v) is 3.82. The number of carbonyl (C=O) groups excluding carboxylic acids is 1. The minimum absolute atomic E-state index is 0.0309. The van der Waals surface area contributed by atoms with E-state index in [1.807, 2.05) is 24.3 Å². The minimum atomic E-state index is -2.98. The molecule has 0 saturated carbocycles. The number of carbonyl (C=O) groups is 1. The summed E-state index contributed by atoms with van der Waals surface area (Å²) < 4.78 is 29.0. The number of rotatable bonds is 7. The van der Waals surface area contributed by atoms with Gasteiger partial charge in [-0.05, 0) is 48.0 Å². The number of benzene rings is 3. The lowest BCUT2D eigenvalue weighted by atomic mass is 10.2. The molecule has 0 bridgehead atoms. The first-order valence-corrected chi connectivity index (χ1v) is 10.1. The quantitative estimate of drug-likeness (QED) is 0.431. The molecule has 0 unspecified atom stereocenters. The molecule has 0 aliphatic heterocycles. The summed E-state index contributed by atoms with van der Waals surface area (Å²) in [5, 5.41) is 11.6. The van der Waals surface area contributed by atoms with Crippen LogP contribution in [0.2, 0.25) is 5.02 Å². The van der Waals surface area contributed by atoms with Crippen LogP contribution in [0, 0.1) is 11.3 Å². The molecule has 3 aromatic rings. The highest BCUT2D eigenvalue weighted by atomic mass is 35.5. The molecule has 0 radical (unpaired) electrons. The van der Waals surface area contributed by atoms with E-state index in [2.05, 4.69) is 16.1 Å². The average Bonchev–Trinajstić information content (AvgIpc) is 2.74. The van der Waals surface area contributed by atoms with Crippen molar-refractivity contribution < 1.29 is 18.3 Å². The lowest BCUT2D eigenvalue weighted by molar-refractivity contribution is -0.0497. The summed E-state index contributed by atoms with van der Waals surface area (Å²) in [6.45, 7) is -2.98. The number of alkyl halides is 2. The standard InChI is InChI=1S/C22H15ClF2N2O2S/c23-18-11-16(9-10-19(18)29-22(24)25)27-21(28)17-3-1-2-4-20(17)30-13-15-7-5-14(12-26)6-8-15/h1-11,22H,13H2,(H,27,28). The Balaban J connectivity index is 1.70. The van der Waals surface area contributed by atoms with Gasteiger partial charge in [0.25, 0.3) is 5.91 Å². The Kier molecular flexibility index (Phi) is 7.28. The summed E-state index contributed by atoms with van der Waals surface area (Å²) in [5.74, 6) is 0.112. The van der Waals surface area contributed by atoms with Crippen molar-refractivity contribution in [2.45, 2.75) is 17.3 Å². The fraction of sp³-hybridized carbons (Fsp3) is 0.0909. The highest BCUT2D eigenvalue weighted by Crippen LogP contribution is 2.30. The van der Waals surface area contributed by atoms with Crippen LogP contribution in [0.25, 0.3) is 0 Å². The molecule has 30 heavy (non-hydrogen) atoms. The summed E-state index contributed by atoms with van der Waals surface area (Å²) >= 11 is 7.43. The Morgan fingerprint density at radius 1 is 1.13 bits per heavy atom. The molecule has 8 heteroatoms. The van der Waals surface area contributed by atoms with E-state index >= 15 is 0 Å². The number of ether oxygens (including phenoxy) is 1. The number of nitrogens with zero attached hydrogens (tertiary/aromatic N) is 1. The van der Waals surface area contributed by atoms with E-state index in [4.69, 9.17) is 16.9 Å². The number of hydrogen-bond donors (Lipinski definition) is 1. The van der Waals surface area contributed by atoms with Gasteiger partial charge in [0.2, 0.25) is 0 Å². The highest BCUT2D eigenvalue weighted by molar-refractivity contribution is 7.98. The third kappa shape index (κ3) is 5.72. The van der Waals surface area contributed by atoms with Gasteiger partial charge in [-0.1, -0.05) is 35.9 Å². The summed E-state index contributed by atoms with van der Waals surface area (Å²) in [4.78, 5) is 13.5. The second kappa shape index (κ2) is 10.1. The van der Waals surface area contributed by atoms with Crippen molar-refractivity contribution >= 4 is 35.0 Å². The molecule has 4 nitrogen and oxygen atoms in total. The number of amides is 1. The van der Waals surface area contributed by atoms with E-state index in [-0.39, 0.29) is 16.7 Å². The van der Waals surface area contributed by atoms with Crippen molar-refractivity contribution in [1.82, 2.24) is 0 Å². The minimum Gasteiger partial charge on any atom is -0.433 e. The molecule has 0 heterocycles. The number of nitrogens with one attached hydrogen (secondary N) is 1. The molecule has 3 aromatic carbocycles. The number of halogens is 3. The van der Waals surface area contributed by atoms with Gasteiger partial charge in [-0.25, -0.2) is 0 Å². The Morgan fingerprint density at radius 3 is 2.53 bits per heavy atom. The van der Waals surface area contributed by atoms with Crippen molar-refractivity contribution in [3.63, 3.8) is 0 Å². The van der Waals surface area contributed by atoms with Crippen molar-refractivity contribution in [3.05, 3.63) is 88.4 Å². The van der Waals surface area contributed by atoms with Gasteiger partial charge < -0.3 is 10.1 Å². The molecule has 3 rings (SSSR count). The summed E-state index contributed by atoms with van der Waals surface area (Å²) in [5.41, 5.74) is 2.45. The molecule has 152 valence electrons. The van der Waals surface area contributed by atoms with Crippen molar-refractivity contribution in [1.29, 1.82) is 5.26 Å². The second-order valence-corrected chi connectivity index (χ2v) is 7.50. The number of nitriles is 1. The molecule has 0 saturated heterocycles. The van der Waals surface area contributed by atoms with Crippen LogP contribution in [-0.4, -0.2) is 12.5 Å². The average molecular weight is 445 g/mol. The van der Waals surface area contributed by atoms with Crippen LogP contribution in [0.3, 0.4) is 0 Å². The van der Waals surface area contributed by atoms with Gasteiger partial charge in [-0.3, -0.25) is 4.79 Å². The van der Waals surface area contributed by atoms with Crippen molar-refractivity contribution in [3.8, 4) is 11.8 Å². The molecule has 0 aromatic heterocycles. The van der Waals surface area contributed by atoms with Crippen molar-refractivity contribution in [2.75, 3.05) is 5.32 Å². The smallest absolute Gasteiger partial charge is 0.387 e. The zero-order chi connectivity index (χ0) is 21.5. The third-order valence-electron chi connectivity index (χ3n) is 4.01. The summed E-state index contributed by atoms with van der Waals surface area (Å²) in [6, 6.07) is 20.5. The molecular weight excluding hydrogens is 430 g/mol. The Morgan fingerprint density at radius 2 is 1.87 bits per heavy atom. The number of hydrogen-bond acceptors (Lipinski definition) is 4. The maximum absolute atomic E-state index is 12.7. The van der Waals surface area contributed by atoms with Crippen LogP contribution < -0.4 is 10.1 Å². The number of thioether (sulfide) groups is 1. The van der Waals surface area contributed by atoms with Gasteiger partial charge in [0.15, 0.2) is 0 Å². The van der Waals surface area contributed by atoms with E-state index in [1.165, 1.54) is 30.0 Å². The van der Waals surface area contributed by atoms with Gasteiger partial charge in [-0.15, -0.1) is 11.8 Å². The highest BCUT2D eigenvalue weighted by Gasteiger charge is 2.14. The first kappa shape index (κ1) is 21.6. The normalized spacial score (nSPS) is 10.5. The van der Waals surface area contributed by atoms with Crippen LogP contribution >= 0.6 is 23.4 Å². The maximum atomic E-state index is 12.7. The first-order chi connectivity index (χ1) is 14.5. The largest absolute Gasteiger partial charge is 0.433 e. The van der Waals surface area contributed by atoms with Gasteiger partial charge >= 0.3 is 6.61 Å². The molecule has 0 spiro atoms. The summed E-state index contributed by atoms with van der Waals surface area (Å²) in [7, 11) is 0. The number of anilines is 1. The molecule has 0 atom stereocenters. The van der Waals surface area contributed by atoms with Gasteiger partial charge in [0.1, 0.15) is 5.75 Å². The van der Waals surface area contributed by atoms with E-state index in [9.17, 15) is 13.6 Å². The van der Waals surface area contributed by atoms with Crippen LogP contribution in [0.4, 0.5) is 14.5 Å². The van der Waals surface area contributed by atoms with Gasteiger partial charge in [0, 0.05) is 16.3 Å². The van der Waals surface area contributed by atoms with E-state index < -0.39 is 6.61 Å². The fourth-order valence-electron chi connectivity index (χ4n) is 2.59. The second-order valence-electron chi connectivity index (χ2n) is 6.07. The first-order valence-electron chi connectivity index (χ1n) is 8.73. The van der Waals surface area contributed by atoms with Crippen LogP contribution in [0.5, 0.6) is 5.75 Å². The van der Waals surface area contributed by atoms with Crippen LogP contribution in [-0.2, 0) is 5.75 Å². The zero-order valence-corrected chi connectivity index (χ0v) is 17.0. The van der Waals surface area contributed by atoms with E-state index in [0.717, 1.165) is 10.5 Å². The maximum Gasteiger partial charge on any atom is 0.387 e. The lowest BCUT2D eigenvalue weighted by Crippen LogP contribution is -2.13. The predicted octanol–water partition coefficient (Wildman–Crippen LogP) is 6.36. The predicted molar refractivity (Wildman–Crippen MR) is 113 cm³/mol. The lowest BCUT2D eigenvalue weighted by Gasteiger charge is -2.12. The Labute approximate surface area is 181 Å². The molecule has 1 N–H and O–H groups in total. The van der Waals surface area contributed by atoms with Gasteiger partial charge in [-0.2, -0.15) is 14.0 Å². The van der Waals surface area contributed by atoms with E-state index in [1.54, 1.807) is 24.3 Å². The molecule has 1 amide bonds. The van der Waals surface area contributed by atoms with Crippen molar-refractivity contribution in [2.24, 2.45) is 0 Å². The molecule has 0 aliphatic carbocycles. The molecule has 0 fully saturated rings. The molecular formula is C22H15ClF2N2O2S. The monoisotopic (exact) mass is 444 g/mol. The SMILES string of the molecule is N#Cc1ccc(CSc2ccccc2C(=O)Nc2ccc(OC(F)F)c(Cl)c2)cc1. The topological polar surface area (TPSA) is 62.1 Å². The Bertz CT molecular complexity index is 1090. The van der Waals surface area contributed by atoms with Crippen LogP contribution in [0.1, 0.15) is 21.5 Å². The zero-order valence-electron chi connectivity index (χ0n) is 15.4. The summed E-state index contributed by atoms with van der Waals surface area (Å²) in [6.07, 6.45) is 0. The Hall–Kier alpha value is -3.08. The van der Waals surface area contributed by atoms with Crippen LogP contribution in [0.15, 0.2) is 71.6 Å².